The molecule has 32 heavy (non-hydrogen) atoms. The largest absolute Gasteiger partial charge is 0.493 e. The Morgan fingerprint density at radius 3 is 2.62 bits per heavy atom. The van der Waals surface area contributed by atoms with E-state index < -0.39 is 0 Å². The Kier molecular flexibility index (Phi) is 6.41. The Labute approximate surface area is 187 Å². The third-order valence-corrected chi connectivity index (χ3v) is 4.86. The molecule has 0 aliphatic heterocycles. The first-order chi connectivity index (χ1) is 15.7. The van der Waals surface area contributed by atoms with Gasteiger partial charge < -0.3 is 4.74 Å². The van der Waals surface area contributed by atoms with Gasteiger partial charge in [-0.15, -0.1) is 0 Å². The quantitative estimate of drug-likeness (QED) is 0.335. The molecule has 3 aromatic carbocycles. The Morgan fingerprint density at radius 2 is 1.84 bits per heavy atom. The van der Waals surface area contributed by atoms with Crippen molar-refractivity contribution in [2.75, 3.05) is 6.61 Å². The lowest BCUT2D eigenvalue weighted by Gasteiger charge is -2.08. The molecule has 0 spiro atoms. The molecule has 0 aliphatic rings. The molecule has 1 aromatic heterocycles. The number of hydrogen-bond acceptors (Lipinski definition) is 4. The highest BCUT2D eigenvalue weighted by atomic mass is 16.5. The zero-order valence-electron chi connectivity index (χ0n) is 18.0. The van der Waals surface area contributed by atoms with Gasteiger partial charge in [0.05, 0.1) is 24.1 Å². The molecule has 0 atom stereocenters. The molecule has 0 radical (unpaired) electrons. The highest BCUT2D eigenvalue weighted by Crippen LogP contribution is 2.24. The summed E-state index contributed by atoms with van der Waals surface area (Å²) < 4.78 is 7.35. The zero-order valence-corrected chi connectivity index (χ0v) is 18.0. The van der Waals surface area contributed by atoms with Gasteiger partial charge in [0.1, 0.15) is 11.4 Å². The van der Waals surface area contributed by atoms with E-state index in [4.69, 9.17) is 9.84 Å². The summed E-state index contributed by atoms with van der Waals surface area (Å²) in [6, 6.07) is 25.1. The molecule has 0 unspecified atom stereocenters. The van der Waals surface area contributed by atoms with Crippen LogP contribution in [-0.4, -0.2) is 28.5 Å². The predicted octanol–water partition coefficient (Wildman–Crippen LogP) is 5.01. The highest BCUT2D eigenvalue weighted by Gasteiger charge is 2.13. The molecular weight excluding hydrogens is 400 g/mol. The van der Waals surface area contributed by atoms with Crippen molar-refractivity contribution >= 4 is 12.1 Å². The summed E-state index contributed by atoms with van der Waals surface area (Å²) in [5, 5.41) is 8.98. The van der Waals surface area contributed by atoms with E-state index in [1.807, 2.05) is 79.3 Å². The second-order valence-corrected chi connectivity index (χ2v) is 7.21. The van der Waals surface area contributed by atoms with E-state index in [0.29, 0.717) is 17.9 Å². The molecule has 0 aliphatic carbocycles. The molecule has 6 heteroatoms. The molecule has 0 saturated carbocycles. The number of para-hydroxylation sites is 2. The minimum absolute atomic E-state index is 0.335. The van der Waals surface area contributed by atoms with Crippen LogP contribution in [0.1, 0.15) is 28.4 Å². The zero-order chi connectivity index (χ0) is 22.3. The number of carbonyl (C=O) groups is 1. The third kappa shape index (κ3) is 4.75. The smallest absolute Gasteiger partial charge is 0.275 e. The predicted molar refractivity (Wildman–Crippen MR) is 126 cm³/mol. The fourth-order valence-electron chi connectivity index (χ4n) is 3.37. The molecular formula is C26H24N4O2. The number of rotatable bonds is 7. The van der Waals surface area contributed by atoms with E-state index in [9.17, 15) is 4.79 Å². The van der Waals surface area contributed by atoms with E-state index in [-0.39, 0.29) is 5.91 Å². The first kappa shape index (κ1) is 21.1. The van der Waals surface area contributed by atoms with Crippen LogP contribution in [0, 0.1) is 6.92 Å². The molecule has 1 heterocycles. The lowest BCUT2D eigenvalue weighted by Crippen LogP contribution is -2.18. The van der Waals surface area contributed by atoms with Crippen LogP contribution in [0.5, 0.6) is 5.75 Å². The summed E-state index contributed by atoms with van der Waals surface area (Å²) in [4.78, 5) is 12.6. The summed E-state index contributed by atoms with van der Waals surface area (Å²) in [7, 11) is 0. The molecule has 0 saturated heterocycles. The Morgan fingerprint density at radius 1 is 1.06 bits per heavy atom. The number of aromatic nitrogens is 2. The fraction of sp³-hybridized carbons (Fsp3) is 0.115. The highest BCUT2D eigenvalue weighted by molar-refractivity contribution is 5.98. The second kappa shape index (κ2) is 9.75. The van der Waals surface area contributed by atoms with Gasteiger partial charge in [0.25, 0.3) is 5.91 Å². The Hall–Kier alpha value is -4.19. The van der Waals surface area contributed by atoms with Crippen LogP contribution in [0.25, 0.3) is 16.9 Å². The van der Waals surface area contributed by atoms with Crippen molar-refractivity contribution < 1.29 is 9.53 Å². The van der Waals surface area contributed by atoms with E-state index in [1.165, 1.54) is 0 Å². The van der Waals surface area contributed by atoms with Crippen LogP contribution >= 0.6 is 0 Å². The van der Waals surface area contributed by atoms with Crippen LogP contribution in [0.15, 0.2) is 90.2 Å². The average molecular weight is 425 g/mol. The van der Waals surface area contributed by atoms with Crippen LogP contribution in [0.3, 0.4) is 0 Å². The number of nitrogens with zero attached hydrogens (tertiary/aromatic N) is 3. The van der Waals surface area contributed by atoms with Crippen LogP contribution < -0.4 is 10.2 Å². The van der Waals surface area contributed by atoms with Crippen molar-refractivity contribution in [1.29, 1.82) is 0 Å². The number of benzene rings is 3. The number of aryl methyl sites for hydroxylation is 1. The van der Waals surface area contributed by atoms with Gasteiger partial charge in [0, 0.05) is 17.3 Å². The number of hydrazone groups is 1. The van der Waals surface area contributed by atoms with Crippen molar-refractivity contribution in [3.63, 3.8) is 0 Å². The van der Waals surface area contributed by atoms with Crippen molar-refractivity contribution in [3.05, 3.63) is 102 Å². The first-order valence-corrected chi connectivity index (χ1v) is 10.4. The van der Waals surface area contributed by atoms with Gasteiger partial charge in [-0.05, 0) is 44.2 Å². The summed E-state index contributed by atoms with van der Waals surface area (Å²) in [5.74, 6) is 0.193. The van der Waals surface area contributed by atoms with Crippen LogP contribution in [0.4, 0.5) is 0 Å². The van der Waals surface area contributed by atoms with E-state index >= 15 is 0 Å². The van der Waals surface area contributed by atoms with Crippen molar-refractivity contribution in [2.45, 2.75) is 13.8 Å². The Balaban J connectivity index is 1.63. The number of carbonyl (C=O) groups excluding carboxylic acids is 1. The molecule has 160 valence electrons. The minimum atomic E-state index is -0.335. The van der Waals surface area contributed by atoms with Crippen molar-refractivity contribution in [1.82, 2.24) is 15.2 Å². The van der Waals surface area contributed by atoms with Gasteiger partial charge in [0.2, 0.25) is 0 Å². The van der Waals surface area contributed by atoms with Gasteiger partial charge in [-0.25, -0.2) is 10.1 Å². The van der Waals surface area contributed by atoms with Gasteiger partial charge >= 0.3 is 0 Å². The monoisotopic (exact) mass is 424 g/mol. The number of amides is 1. The summed E-state index contributed by atoms with van der Waals surface area (Å²) >= 11 is 0. The SMILES string of the molecule is CCOc1ccccc1C(=O)N/N=C\c1cn(-c2ccccc2)nc1-c1cccc(C)c1. The first-order valence-electron chi connectivity index (χ1n) is 10.4. The summed E-state index contributed by atoms with van der Waals surface area (Å²) in [6.07, 6.45) is 3.52. The molecule has 1 N–H and O–H groups in total. The van der Waals surface area contributed by atoms with Gasteiger partial charge in [0.15, 0.2) is 0 Å². The van der Waals surface area contributed by atoms with Crippen molar-refractivity contribution in [3.8, 4) is 22.7 Å². The van der Waals surface area contributed by atoms with Crippen molar-refractivity contribution in [2.24, 2.45) is 5.10 Å². The summed E-state index contributed by atoms with van der Waals surface area (Å²) in [5.41, 5.74) is 7.67. The van der Waals surface area contributed by atoms with E-state index in [0.717, 1.165) is 28.1 Å². The number of nitrogens with one attached hydrogen (secondary N) is 1. The third-order valence-electron chi connectivity index (χ3n) is 4.86. The normalized spacial score (nSPS) is 10.9. The second-order valence-electron chi connectivity index (χ2n) is 7.21. The van der Waals surface area contributed by atoms with Crippen LogP contribution in [0.2, 0.25) is 0 Å². The molecule has 4 rings (SSSR count). The lowest BCUT2D eigenvalue weighted by atomic mass is 10.1. The average Bonchev–Trinajstić information content (AvgIpc) is 3.24. The number of ether oxygens (including phenoxy) is 1. The van der Waals surface area contributed by atoms with Gasteiger partial charge in [-0.2, -0.15) is 10.2 Å². The fourth-order valence-corrected chi connectivity index (χ4v) is 3.37. The molecule has 0 bridgehead atoms. The number of hydrogen-bond donors (Lipinski definition) is 1. The maximum atomic E-state index is 12.6. The minimum Gasteiger partial charge on any atom is -0.493 e. The maximum absolute atomic E-state index is 12.6. The Bertz CT molecular complexity index is 1250. The molecule has 6 nitrogen and oxygen atoms in total. The lowest BCUT2D eigenvalue weighted by molar-refractivity contribution is 0.0951. The standard InChI is InChI=1S/C26H24N4O2/c1-3-32-24-15-8-7-14-23(24)26(31)28-27-17-21-18-30(22-12-5-4-6-13-22)29-25(21)20-11-9-10-19(2)16-20/h4-18H,3H2,1-2H3,(H,28,31)/b27-17-. The van der Waals surface area contributed by atoms with Gasteiger partial charge in [-0.3, -0.25) is 4.79 Å². The van der Waals surface area contributed by atoms with E-state index in [1.54, 1.807) is 24.4 Å². The molecule has 4 aromatic rings. The van der Waals surface area contributed by atoms with Crippen LogP contribution in [-0.2, 0) is 0 Å². The van der Waals surface area contributed by atoms with Gasteiger partial charge in [-0.1, -0.05) is 54.1 Å². The molecule has 1 amide bonds. The summed E-state index contributed by atoms with van der Waals surface area (Å²) in [6.45, 7) is 4.40. The molecule has 0 fully saturated rings. The topological polar surface area (TPSA) is 68.5 Å². The van der Waals surface area contributed by atoms with E-state index in [2.05, 4.69) is 16.6 Å². The maximum Gasteiger partial charge on any atom is 0.275 e.